The Morgan fingerprint density at radius 1 is 1.14 bits per heavy atom. The molecule has 0 radical (unpaired) electrons. The zero-order valence-electron chi connectivity index (χ0n) is 16.3. The largest absolute Gasteiger partial charge is 0.493 e. The van der Waals surface area contributed by atoms with Crippen molar-refractivity contribution in [2.75, 3.05) is 19.5 Å². The van der Waals surface area contributed by atoms with E-state index in [0.29, 0.717) is 39.3 Å². The van der Waals surface area contributed by atoms with Gasteiger partial charge in [-0.15, -0.1) is 0 Å². The molecular formula is C22H20N2O5. The van der Waals surface area contributed by atoms with Crippen LogP contribution in [0.1, 0.15) is 11.1 Å². The number of carbonyl (C=O) groups is 1. The lowest BCUT2D eigenvalue weighted by Crippen LogP contribution is -2.20. The van der Waals surface area contributed by atoms with Crippen LogP contribution < -0.4 is 20.4 Å². The Labute approximate surface area is 166 Å². The van der Waals surface area contributed by atoms with Gasteiger partial charge in [-0.1, -0.05) is 0 Å². The third-order valence-electron chi connectivity index (χ3n) is 4.97. The van der Waals surface area contributed by atoms with Crippen LogP contribution >= 0.6 is 0 Å². The number of rotatable bonds is 5. The summed E-state index contributed by atoms with van der Waals surface area (Å²) < 4.78 is 16.1. The minimum Gasteiger partial charge on any atom is -0.493 e. The fraction of sp³-hybridized carbons (Fsp3) is 0.182. The molecule has 4 aromatic rings. The Hall–Kier alpha value is -3.74. The summed E-state index contributed by atoms with van der Waals surface area (Å²) in [6.45, 7) is 1.79. The van der Waals surface area contributed by atoms with Crippen molar-refractivity contribution in [3.05, 3.63) is 64.1 Å². The number of aromatic amines is 1. The van der Waals surface area contributed by atoms with Crippen molar-refractivity contribution in [2.45, 2.75) is 13.3 Å². The highest BCUT2D eigenvalue weighted by atomic mass is 16.5. The van der Waals surface area contributed by atoms with Gasteiger partial charge in [0.25, 0.3) is 0 Å². The van der Waals surface area contributed by atoms with E-state index in [2.05, 4.69) is 10.3 Å². The molecule has 0 aliphatic heterocycles. The molecule has 148 valence electrons. The van der Waals surface area contributed by atoms with Crippen LogP contribution in [0.3, 0.4) is 0 Å². The van der Waals surface area contributed by atoms with Gasteiger partial charge < -0.3 is 24.2 Å². The molecule has 0 spiro atoms. The molecule has 2 aromatic carbocycles. The summed E-state index contributed by atoms with van der Waals surface area (Å²) in [6.07, 6.45) is 1.74. The van der Waals surface area contributed by atoms with Gasteiger partial charge in [0.1, 0.15) is 0 Å². The fourth-order valence-electron chi connectivity index (χ4n) is 3.47. The SMILES string of the molecule is COc1ccc2c(C)c(CC(=O)Nc3ccc4[nH]ccc4c3)c(=O)oc2c1OC. The number of anilines is 1. The van der Waals surface area contributed by atoms with Crippen LogP contribution in [0.25, 0.3) is 21.9 Å². The van der Waals surface area contributed by atoms with E-state index in [9.17, 15) is 9.59 Å². The van der Waals surface area contributed by atoms with E-state index in [0.717, 1.165) is 10.9 Å². The Morgan fingerprint density at radius 3 is 2.72 bits per heavy atom. The Balaban J connectivity index is 1.66. The molecule has 29 heavy (non-hydrogen) atoms. The molecule has 0 saturated heterocycles. The second-order valence-electron chi connectivity index (χ2n) is 6.68. The maximum Gasteiger partial charge on any atom is 0.340 e. The number of aryl methyl sites for hydroxylation is 1. The van der Waals surface area contributed by atoms with E-state index in [1.165, 1.54) is 14.2 Å². The smallest absolute Gasteiger partial charge is 0.340 e. The molecule has 0 aliphatic rings. The number of hydrogen-bond donors (Lipinski definition) is 2. The third-order valence-corrected chi connectivity index (χ3v) is 4.97. The average Bonchev–Trinajstić information content (AvgIpc) is 3.18. The number of nitrogens with one attached hydrogen (secondary N) is 2. The van der Waals surface area contributed by atoms with E-state index in [4.69, 9.17) is 13.9 Å². The molecule has 7 nitrogen and oxygen atoms in total. The third kappa shape index (κ3) is 3.31. The lowest BCUT2D eigenvalue weighted by atomic mass is 10.0. The van der Waals surface area contributed by atoms with E-state index in [1.54, 1.807) is 19.1 Å². The van der Waals surface area contributed by atoms with E-state index in [1.807, 2.05) is 30.5 Å². The van der Waals surface area contributed by atoms with Gasteiger partial charge in [0.05, 0.1) is 26.2 Å². The average molecular weight is 392 g/mol. The summed E-state index contributed by atoms with van der Waals surface area (Å²) in [4.78, 5) is 28.3. The molecule has 7 heteroatoms. The summed E-state index contributed by atoms with van der Waals surface area (Å²) in [7, 11) is 2.99. The lowest BCUT2D eigenvalue weighted by Gasteiger charge is -2.13. The molecule has 4 rings (SSSR count). The summed E-state index contributed by atoms with van der Waals surface area (Å²) >= 11 is 0. The van der Waals surface area contributed by atoms with Crippen LogP contribution in [-0.4, -0.2) is 25.1 Å². The second kappa shape index (κ2) is 7.35. The molecular weight excluding hydrogens is 372 g/mol. The summed E-state index contributed by atoms with van der Waals surface area (Å²) in [5, 5.41) is 4.52. The van der Waals surface area contributed by atoms with Gasteiger partial charge in [0.15, 0.2) is 11.3 Å². The molecule has 0 unspecified atom stereocenters. The summed E-state index contributed by atoms with van der Waals surface area (Å²) in [6, 6.07) is 11.0. The van der Waals surface area contributed by atoms with Crippen LogP contribution in [0.5, 0.6) is 11.5 Å². The molecule has 2 N–H and O–H groups in total. The van der Waals surface area contributed by atoms with Crippen molar-refractivity contribution < 1.29 is 18.7 Å². The van der Waals surface area contributed by atoms with Gasteiger partial charge in [-0.05, 0) is 48.9 Å². The number of methoxy groups -OCH3 is 2. The molecule has 0 atom stereocenters. The number of carbonyl (C=O) groups excluding carboxylic acids is 1. The number of aromatic nitrogens is 1. The number of ether oxygens (including phenoxy) is 2. The number of hydrogen-bond acceptors (Lipinski definition) is 5. The van der Waals surface area contributed by atoms with E-state index >= 15 is 0 Å². The first-order valence-corrected chi connectivity index (χ1v) is 9.06. The Kier molecular flexibility index (Phi) is 4.72. The normalized spacial score (nSPS) is 11.0. The second-order valence-corrected chi connectivity index (χ2v) is 6.68. The number of fused-ring (bicyclic) bond motifs is 2. The van der Waals surface area contributed by atoms with Gasteiger partial charge in [0.2, 0.25) is 11.7 Å². The predicted molar refractivity (Wildman–Crippen MR) is 111 cm³/mol. The molecule has 1 amide bonds. The maximum atomic E-state index is 12.6. The number of amides is 1. The van der Waals surface area contributed by atoms with Crippen molar-refractivity contribution in [1.82, 2.24) is 4.98 Å². The van der Waals surface area contributed by atoms with Crippen molar-refractivity contribution in [3.8, 4) is 11.5 Å². The molecule has 0 aliphatic carbocycles. The molecule has 0 fully saturated rings. The van der Waals surface area contributed by atoms with Gasteiger partial charge in [0, 0.05) is 28.2 Å². The van der Waals surface area contributed by atoms with Crippen molar-refractivity contribution >= 4 is 33.5 Å². The van der Waals surface area contributed by atoms with Crippen LogP contribution in [0, 0.1) is 6.92 Å². The first-order chi connectivity index (χ1) is 14.0. The molecule has 2 aromatic heterocycles. The maximum absolute atomic E-state index is 12.6. The van der Waals surface area contributed by atoms with Gasteiger partial charge >= 0.3 is 5.63 Å². The van der Waals surface area contributed by atoms with Crippen molar-refractivity contribution in [1.29, 1.82) is 0 Å². The van der Waals surface area contributed by atoms with Crippen LogP contribution in [0.15, 0.2) is 51.8 Å². The summed E-state index contributed by atoms with van der Waals surface area (Å²) in [5.41, 5.74) is 2.36. The van der Waals surface area contributed by atoms with E-state index in [-0.39, 0.29) is 12.3 Å². The quantitative estimate of drug-likeness (QED) is 0.504. The molecule has 0 saturated carbocycles. The minimum absolute atomic E-state index is 0.0936. The number of H-pyrrole nitrogens is 1. The monoisotopic (exact) mass is 392 g/mol. The zero-order valence-corrected chi connectivity index (χ0v) is 16.3. The van der Waals surface area contributed by atoms with Gasteiger partial charge in [-0.3, -0.25) is 4.79 Å². The Bertz CT molecular complexity index is 1290. The molecule has 0 bridgehead atoms. The Morgan fingerprint density at radius 2 is 1.97 bits per heavy atom. The van der Waals surface area contributed by atoms with Crippen LogP contribution in [0.4, 0.5) is 5.69 Å². The standard InChI is InChI=1S/C22H20N2O5/c1-12-15-5-7-18(27-2)21(28-3)20(15)29-22(26)16(12)11-19(25)24-14-4-6-17-13(10-14)8-9-23-17/h4-10,23H,11H2,1-3H3,(H,24,25). The number of benzene rings is 2. The fourth-order valence-corrected chi connectivity index (χ4v) is 3.47. The minimum atomic E-state index is -0.571. The lowest BCUT2D eigenvalue weighted by molar-refractivity contribution is -0.115. The summed E-state index contributed by atoms with van der Waals surface area (Å²) in [5.74, 6) is 0.518. The zero-order chi connectivity index (χ0) is 20.5. The van der Waals surface area contributed by atoms with Crippen LogP contribution in [-0.2, 0) is 11.2 Å². The predicted octanol–water partition coefficient (Wildman–Crippen LogP) is 3.78. The topological polar surface area (TPSA) is 93.6 Å². The van der Waals surface area contributed by atoms with Gasteiger partial charge in [-0.2, -0.15) is 0 Å². The highest BCUT2D eigenvalue weighted by Crippen LogP contribution is 2.36. The first-order valence-electron chi connectivity index (χ1n) is 9.06. The van der Waals surface area contributed by atoms with Crippen LogP contribution in [0.2, 0.25) is 0 Å². The highest BCUT2D eigenvalue weighted by molar-refractivity contribution is 5.96. The highest BCUT2D eigenvalue weighted by Gasteiger charge is 2.19. The van der Waals surface area contributed by atoms with Crippen molar-refractivity contribution in [2.24, 2.45) is 0 Å². The molecule has 2 heterocycles. The first kappa shape index (κ1) is 18.6. The van der Waals surface area contributed by atoms with Gasteiger partial charge in [-0.25, -0.2) is 4.79 Å². The van der Waals surface area contributed by atoms with Crippen molar-refractivity contribution in [3.63, 3.8) is 0 Å². The van der Waals surface area contributed by atoms with E-state index < -0.39 is 5.63 Å².